The molecule has 0 unspecified atom stereocenters. The Morgan fingerprint density at radius 1 is 1.35 bits per heavy atom. The molecule has 5 heteroatoms. The molecular formula is C15H16ClN3O. The Hall–Kier alpha value is -1.81. The molecule has 20 heavy (non-hydrogen) atoms. The molecular weight excluding hydrogens is 274 g/mol. The number of rotatable bonds is 3. The van der Waals surface area contributed by atoms with Crippen molar-refractivity contribution in [2.75, 3.05) is 0 Å². The number of hydrogen-bond acceptors (Lipinski definition) is 3. The summed E-state index contributed by atoms with van der Waals surface area (Å²) < 4.78 is 1.97. The SMILES string of the molecule is Cc1cc(C)n(C[C@H]2CC(c3cccc(Cl)c3)=NO2)n1. The summed E-state index contributed by atoms with van der Waals surface area (Å²) in [6.45, 7) is 4.76. The molecule has 1 atom stereocenters. The molecule has 0 radical (unpaired) electrons. The lowest BCUT2D eigenvalue weighted by Gasteiger charge is -2.09. The Labute approximate surface area is 123 Å². The van der Waals surface area contributed by atoms with Gasteiger partial charge in [0.05, 0.1) is 18.0 Å². The summed E-state index contributed by atoms with van der Waals surface area (Å²) in [6.07, 6.45) is 0.806. The first kappa shape index (κ1) is 13.2. The Morgan fingerprint density at radius 3 is 2.90 bits per heavy atom. The third-order valence-corrected chi connectivity index (χ3v) is 3.61. The first-order valence-electron chi connectivity index (χ1n) is 6.61. The van der Waals surface area contributed by atoms with Crippen LogP contribution in [0.1, 0.15) is 23.4 Å². The van der Waals surface area contributed by atoms with Crippen molar-refractivity contribution in [1.29, 1.82) is 0 Å². The molecule has 3 rings (SSSR count). The van der Waals surface area contributed by atoms with Crippen LogP contribution in [0.4, 0.5) is 0 Å². The third kappa shape index (κ3) is 2.70. The summed E-state index contributed by atoms with van der Waals surface area (Å²) >= 11 is 6.00. The molecule has 1 aliphatic heterocycles. The highest BCUT2D eigenvalue weighted by atomic mass is 35.5. The molecule has 1 aromatic carbocycles. The van der Waals surface area contributed by atoms with E-state index in [1.807, 2.05) is 42.8 Å². The van der Waals surface area contributed by atoms with Crippen LogP contribution in [0, 0.1) is 13.8 Å². The minimum atomic E-state index is 0.0296. The molecule has 0 amide bonds. The molecule has 0 fully saturated rings. The Morgan fingerprint density at radius 2 is 2.20 bits per heavy atom. The van der Waals surface area contributed by atoms with Crippen molar-refractivity contribution in [2.24, 2.45) is 5.16 Å². The molecule has 1 aromatic heterocycles. The fourth-order valence-electron chi connectivity index (χ4n) is 2.42. The molecule has 0 N–H and O–H groups in total. The number of oxime groups is 1. The maximum Gasteiger partial charge on any atom is 0.152 e. The number of aromatic nitrogens is 2. The topological polar surface area (TPSA) is 39.4 Å². The van der Waals surface area contributed by atoms with Gasteiger partial charge in [-0.1, -0.05) is 28.9 Å². The number of benzene rings is 1. The minimum absolute atomic E-state index is 0.0296. The summed E-state index contributed by atoms with van der Waals surface area (Å²) in [5.74, 6) is 0. The van der Waals surface area contributed by atoms with Crippen LogP contribution in [-0.4, -0.2) is 21.6 Å². The number of aryl methyl sites for hydroxylation is 2. The third-order valence-electron chi connectivity index (χ3n) is 3.37. The number of hydrogen-bond donors (Lipinski definition) is 0. The zero-order valence-electron chi connectivity index (χ0n) is 11.5. The van der Waals surface area contributed by atoms with Crippen molar-refractivity contribution in [3.05, 3.63) is 52.3 Å². The summed E-state index contributed by atoms with van der Waals surface area (Å²) in [7, 11) is 0. The molecule has 2 aromatic rings. The maximum absolute atomic E-state index is 6.00. The second-order valence-corrected chi connectivity index (χ2v) is 5.53. The number of halogens is 1. The zero-order valence-corrected chi connectivity index (χ0v) is 12.3. The van der Waals surface area contributed by atoms with Crippen molar-refractivity contribution < 1.29 is 4.84 Å². The maximum atomic E-state index is 6.00. The minimum Gasteiger partial charge on any atom is -0.390 e. The lowest BCUT2D eigenvalue weighted by molar-refractivity contribution is 0.0692. The van der Waals surface area contributed by atoms with Gasteiger partial charge in [0, 0.05) is 22.7 Å². The van der Waals surface area contributed by atoms with Crippen LogP contribution in [0.3, 0.4) is 0 Å². The van der Waals surface area contributed by atoms with Gasteiger partial charge in [0.2, 0.25) is 0 Å². The highest BCUT2D eigenvalue weighted by Gasteiger charge is 2.23. The van der Waals surface area contributed by atoms with Gasteiger partial charge < -0.3 is 4.84 Å². The lowest BCUT2D eigenvalue weighted by atomic mass is 10.1. The second-order valence-electron chi connectivity index (χ2n) is 5.09. The quantitative estimate of drug-likeness (QED) is 0.869. The van der Waals surface area contributed by atoms with Crippen LogP contribution in [0.2, 0.25) is 5.02 Å². The van der Waals surface area contributed by atoms with Crippen LogP contribution < -0.4 is 0 Å². The van der Waals surface area contributed by atoms with Gasteiger partial charge in [0.15, 0.2) is 6.10 Å². The van der Waals surface area contributed by atoms with Gasteiger partial charge in [-0.3, -0.25) is 4.68 Å². The Balaban J connectivity index is 1.68. The van der Waals surface area contributed by atoms with E-state index < -0.39 is 0 Å². The van der Waals surface area contributed by atoms with Crippen LogP contribution in [-0.2, 0) is 11.4 Å². The van der Waals surface area contributed by atoms with Crippen molar-refractivity contribution >= 4 is 17.3 Å². The molecule has 2 heterocycles. The number of nitrogens with zero attached hydrogens (tertiary/aromatic N) is 3. The predicted octanol–water partition coefficient (Wildman–Crippen LogP) is 3.35. The summed E-state index contributed by atoms with van der Waals surface area (Å²) in [5, 5.41) is 9.34. The average molecular weight is 290 g/mol. The normalized spacial score (nSPS) is 17.9. The van der Waals surface area contributed by atoms with Crippen molar-refractivity contribution in [1.82, 2.24) is 9.78 Å². The molecule has 0 bridgehead atoms. The molecule has 0 aliphatic carbocycles. The molecule has 1 aliphatic rings. The van der Waals surface area contributed by atoms with E-state index in [1.165, 1.54) is 0 Å². The smallest absolute Gasteiger partial charge is 0.152 e. The van der Waals surface area contributed by atoms with Crippen molar-refractivity contribution in [3.63, 3.8) is 0 Å². The van der Waals surface area contributed by atoms with Crippen LogP contribution in [0.25, 0.3) is 0 Å². The van der Waals surface area contributed by atoms with Crippen molar-refractivity contribution in [2.45, 2.75) is 32.9 Å². The van der Waals surface area contributed by atoms with Crippen LogP contribution in [0.5, 0.6) is 0 Å². The molecule has 0 saturated carbocycles. The standard InChI is InChI=1S/C15H16ClN3O/c1-10-6-11(2)19(17-10)9-14-8-15(18-20-14)12-4-3-5-13(16)7-12/h3-7,14H,8-9H2,1-2H3/t14-/m1/s1. The molecule has 104 valence electrons. The predicted molar refractivity (Wildman–Crippen MR) is 79.2 cm³/mol. The van der Waals surface area contributed by atoms with E-state index >= 15 is 0 Å². The Kier molecular flexibility index (Phi) is 3.49. The first-order valence-corrected chi connectivity index (χ1v) is 6.99. The van der Waals surface area contributed by atoms with Crippen molar-refractivity contribution in [3.8, 4) is 0 Å². The van der Waals surface area contributed by atoms with E-state index in [-0.39, 0.29) is 6.10 Å². The van der Waals surface area contributed by atoms with Gasteiger partial charge in [-0.2, -0.15) is 5.10 Å². The van der Waals surface area contributed by atoms with E-state index in [0.717, 1.165) is 29.1 Å². The largest absolute Gasteiger partial charge is 0.390 e. The van der Waals surface area contributed by atoms with Gasteiger partial charge in [-0.25, -0.2) is 0 Å². The van der Waals surface area contributed by atoms with Gasteiger partial charge in [0.1, 0.15) is 0 Å². The summed E-state index contributed by atoms with van der Waals surface area (Å²) in [6, 6.07) is 9.76. The van der Waals surface area contributed by atoms with E-state index in [2.05, 4.69) is 16.3 Å². The second kappa shape index (κ2) is 5.29. The average Bonchev–Trinajstić information content (AvgIpc) is 2.97. The summed E-state index contributed by atoms with van der Waals surface area (Å²) in [4.78, 5) is 5.51. The van der Waals surface area contributed by atoms with E-state index in [0.29, 0.717) is 11.6 Å². The highest BCUT2D eigenvalue weighted by molar-refractivity contribution is 6.31. The van der Waals surface area contributed by atoms with E-state index in [4.69, 9.17) is 16.4 Å². The monoisotopic (exact) mass is 289 g/mol. The molecule has 0 spiro atoms. The fourth-order valence-corrected chi connectivity index (χ4v) is 2.61. The van der Waals surface area contributed by atoms with Gasteiger partial charge in [-0.15, -0.1) is 0 Å². The lowest BCUT2D eigenvalue weighted by Crippen LogP contribution is -2.18. The molecule has 4 nitrogen and oxygen atoms in total. The molecule has 0 saturated heterocycles. The van der Waals surface area contributed by atoms with Gasteiger partial charge >= 0.3 is 0 Å². The van der Waals surface area contributed by atoms with Crippen LogP contribution in [0.15, 0.2) is 35.5 Å². The summed E-state index contributed by atoms with van der Waals surface area (Å²) in [5.41, 5.74) is 4.13. The highest BCUT2D eigenvalue weighted by Crippen LogP contribution is 2.20. The van der Waals surface area contributed by atoms with Gasteiger partial charge in [0.25, 0.3) is 0 Å². The van der Waals surface area contributed by atoms with Gasteiger partial charge in [-0.05, 0) is 32.0 Å². The van der Waals surface area contributed by atoms with E-state index in [9.17, 15) is 0 Å². The van der Waals surface area contributed by atoms with E-state index in [1.54, 1.807) is 0 Å². The Bertz CT molecular complexity index is 663. The first-order chi connectivity index (χ1) is 9.61. The fraction of sp³-hybridized carbons (Fsp3) is 0.333. The zero-order chi connectivity index (χ0) is 14.1. The van der Waals surface area contributed by atoms with Crippen LogP contribution >= 0.6 is 11.6 Å².